The smallest absolute Gasteiger partial charge is 0.263 e. The number of benzene rings is 1. The summed E-state index contributed by atoms with van der Waals surface area (Å²) in [6.45, 7) is 6.47. The van der Waals surface area contributed by atoms with Gasteiger partial charge in [-0.05, 0) is 38.5 Å². The number of rotatable bonds is 5. The van der Waals surface area contributed by atoms with Gasteiger partial charge >= 0.3 is 0 Å². The van der Waals surface area contributed by atoms with Crippen molar-refractivity contribution in [2.24, 2.45) is 0 Å². The summed E-state index contributed by atoms with van der Waals surface area (Å²) in [5.41, 5.74) is 1.71. The van der Waals surface area contributed by atoms with Crippen LogP contribution in [0.1, 0.15) is 23.3 Å². The molecule has 1 aromatic carbocycles. The van der Waals surface area contributed by atoms with Gasteiger partial charge in [0.25, 0.3) is 5.56 Å². The molecule has 0 unspecified atom stereocenters. The summed E-state index contributed by atoms with van der Waals surface area (Å²) >= 11 is 9.15. The molecule has 0 amide bonds. The van der Waals surface area contributed by atoms with E-state index in [4.69, 9.17) is 21.0 Å². The Morgan fingerprint density at radius 1 is 1.25 bits per heavy atom. The molecule has 0 N–H and O–H groups in total. The molecule has 0 spiro atoms. The number of hydrogen-bond acceptors (Lipinski definition) is 7. The van der Waals surface area contributed by atoms with E-state index in [0.29, 0.717) is 45.2 Å². The maximum atomic E-state index is 12.9. The largest absolute Gasteiger partial charge is 0.420 e. The average Bonchev–Trinajstić information content (AvgIpc) is 3.25. The minimum atomic E-state index is -0.000800. The molecule has 0 bridgehead atoms. The predicted molar refractivity (Wildman–Crippen MR) is 113 cm³/mol. The number of aryl methyl sites for hydroxylation is 2. The molecule has 0 atom stereocenters. The number of hydrogen-bond donors (Lipinski definition) is 0. The lowest BCUT2D eigenvalue weighted by Gasteiger charge is -2.08. The third-order valence-corrected chi connectivity index (χ3v) is 6.86. The number of halogens is 1. The lowest BCUT2D eigenvalue weighted by atomic mass is 10.2. The zero-order valence-corrected chi connectivity index (χ0v) is 17.9. The highest BCUT2D eigenvalue weighted by Gasteiger charge is 2.17. The molecular formula is C19H17ClN4O2S2. The summed E-state index contributed by atoms with van der Waals surface area (Å²) in [5, 5.41) is 10.1. The first-order chi connectivity index (χ1) is 13.5. The van der Waals surface area contributed by atoms with Gasteiger partial charge in [0.1, 0.15) is 4.83 Å². The number of fused-ring (bicyclic) bond motifs is 1. The van der Waals surface area contributed by atoms with E-state index in [9.17, 15) is 4.79 Å². The van der Waals surface area contributed by atoms with Gasteiger partial charge in [-0.1, -0.05) is 35.5 Å². The van der Waals surface area contributed by atoms with E-state index in [1.165, 1.54) is 11.8 Å². The Balaban J connectivity index is 1.63. The normalized spacial score (nSPS) is 11.4. The van der Waals surface area contributed by atoms with E-state index in [1.807, 2.05) is 39.0 Å². The fourth-order valence-corrected chi connectivity index (χ4v) is 5.07. The van der Waals surface area contributed by atoms with Crippen LogP contribution >= 0.6 is 34.7 Å². The highest BCUT2D eigenvalue weighted by atomic mass is 35.5. The summed E-state index contributed by atoms with van der Waals surface area (Å²) < 4.78 is 7.44. The van der Waals surface area contributed by atoms with Gasteiger partial charge in [-0.15, -0.1) is 21.5 Å². The Morgan fingerprint density at radius 3 is 2.79 bits per heavy atom. The number of thiophene rings is 1. The predicted octanol–water partition coefficient (Wildman–Crippen LogP) is 5.09. The van der Waals surface area contributed by atoms with Gasteiger partial charge in [-0.2, -0.15) is 0 Å². The molecule has 9 heteroatoms. The first kappa shape index (κ1) is 19.2. The van der Waals surface area contributed by atoms with Crippen molar-refractivity contribution < 1.29 is 4.42 Å². The summed E-state index contributed by atoms with van der Waals surface area (Å²) in [6, 6.07) is 7.32. The van der Waals surface area contributed by atoms with Gasteiger partial charge in [0.05, 0.1) is 21.7 Å². The zero-order valence-electron chi connectivity index (χ0n) is 15.5. The van der Waals surface area contributed by atoms with Crippen LogP contribution < -0.4 is 5.56 Å². The number of nitrogens with zero attached hydrogens (tertiary/aromatic N) is 4. The average molecular weight is 433 g/mol. The van der Waals surface area contributed by atoms with E-state index in [1.54, 1.807) is 22.0 Å². The van der Waals surface area contributed by atoms with Crippen molar-refractivity contribution in [2.45, 2.75) is 38.2 Å². The third-order valence-electron chi connectivity index (χ3n) is 4.47. The van der Waals surface area contributed by atoms with Gasteiger partial charge in [0, 0.05) is 11.4 Å². The molecule has 28 heavy (non-hydrogen) atoms. The van der Waals surface area contributed by atoms with Crippen LogP contribution in [0, 0.1) is 13.8 Å². The van der Waals surface area contributed by atoms with Gasteiger partial charge in [-0.3, -0.25) is 9.36 Å². The molecule has 0 radical (unpaired) electrons. The van der Waals surface area contributed by atoms with Crippen molar-refractivity contribution in [1.82, 2.24) is 19.7 Å². The fourth-order valence-electron chi connectivity index (χ4n) is 2.88. The van der Waals surface area contributed by atoms with Crippen LogP contribution in [0.15, 0.2) is 38.6 Å². The molecule has 4 aromatic rings. The van der Waals surface area contributed by atoms with Gasteiger partial charge < -0.3 is 4.42 Å². The topological polar surface area (TPSA) is 73.8 Å². The van der Waals surface area contributed by atoms with Gasteiger partial charge in [0.15, 0.2) is 5.16 Å². The SMILES string of the molecule is CCn1c(SCc2nnc(-c3ccccc3Cl)o2)nc2sc(C)c(C)c2c1=O. The monoisotopic (exact) mass is 432 g/mol. The Labute approximate surface area is 174 Å². The number of aromatic nitrogens is 4. The molecule has 0 aliphatic rings. The van der Waals surface area contributed by atoms with Crippen molar-refractivity contribution in [3.8, 4) is 11.5 Å². The third kappa shape index (κ3) is 3.36. The summed E-state index contributed by atoms with van der Waals surface area (Å²) in [5.74, 6) is 1.25. The van der Waals surface area contributed by atoms with Crippen LogP contribution in [-0.4, -0.2) is 19.7 Å². The summed E-state index contributed by atoms with van der Waals surface area (Å²) in [7, 11) is 0. The van der Waals surface area contributed by atoms with E-state index >= 15 is 0 Å². The van der Waals surface area contributed by atoms with Crippen molar-refractivity contribution in [2.75, 3.05) is 0 Å². The number of thioether (sulfide) groups is 1. The molecule has 144 valence electrons. The minimum Gasteiger partial charge on any atom is -0.420 e. The molecule has 0 aliphatic carbocycles. The quantitative estimate of drug-likeness (QED) is 0.323. The first-order valence-electron chi connectivity index (χ1n) is 8.70. The van der Waals surface area contributed by atoms with Gasteiger partial charge in [0.2, 0.25) is 11.8 Å². The second kappa shape index (κ2) is 7.69. The van der Waals surface area contributed by atoms with Crippen LogP contribution in [0.2, 0.25) is 5.02 Å². The molecule has 6 nitrogen and oxygen atoms in total. The fraction of sp³-hybridized carbons (Fsp3) is 0.263. The zero-order chi connectivity index (χ0) is 19.8. The first-order valence-corrected chi connectivity index (χ1v) is 10.9. The molecule has 3 heterocycles. The molecule has 4 rings (SSSR count). The molecule has 3 aromatic heterocycles. The standard InChI is InChI=1S/C19H17ClN4O2S2/c1-4-24-18(25)15-10(2)11(3)28-17(15)21-19(24)27-9-14-22-23-16(26-14)12-7-5-6-8-13(12)20/h5-8H,4,9H2,1-3H3. The minimum absolute atomic E-state index is 0.000800. The second-order valence-electron chi connectivity index (χ2n) is 6.18. The highest BCUT2D eigenvalue weighted by Crippen LogP contribution is 2.30. The molecule has 0 aliphatic heterocycles. The van der Waals surface area contributed by atoms with Crippen molar-refractivity contribution >= 4 is 44.9 Å². The lowest BCUT2D eigenvalue weighted by molar-refractivity contribution is 0.528. The Bertz CT molecular complexity index is 1230. The van der Waals surface area contributed by atoms with Crippen LogP contribution in [0.25, 0.3) is 21.7 Å². The van der Waals surface area contributed by atoms with Crippen LogP contribution in [0.4, 0.5) is 0 Å². The van der Waals surface area contributed by atoms with E-state index in [-0.39, 0.29) is 5.56 Å². The van der Waals surface area contributed by atoms with Crippen molar-refractivity contribution in [1.29, 1.82) is 0 Å². The maximum absolute atomic E-state index is 12.9. The van der Waals surface area contributed by atoms with Crippen LogP contribution in [0.3, 0.4) is 0 Å². The molecule has 0 saturated heterocycles. The Kier molecular flexibility index (Phi) is 5.27. The lowest BCUT2D eigenvalue weighted by Crippen LogP contribution is -2.22. The summed E-state index contributed by atoms with van der Waals surface area (Å²) in [6.07, 6.45) is 0. The Morgan fingerprint density at radius 2 is 2.04 bits per heavy atom. The van der Waals surface area contributed by atoms with E-state index < -0.39 is 0 Å². The van der Waals surface area contributed by atoms with E-state index in [0.717, 1.165) is 15.3 Å². The van der Waals surface area contributed by atoms with Gasteiger partial charge in [-0.25, -0.2) is 4.98 Å². The molecule has 0 fully saturated rings. The van der Waals surface area contributed by atoms with Crippen molar-refractivity contribution in [3.63, 3.8) is 0 Å². The van der Waals surface area contributed by atoms with E-state index in [2.05, 4.69) is 10.2 Å². The Hall–Kier alpha value is -2.16. The molecular weight excluding hydrogens is 416 g/mol. The van der Waals surface area contributed by atoms with Crippen molar-refractivity contribution in [3.05, 3.63) is 56.0 Å². The van der Waals surface area contributed by atoms with Crippen LogP contribution in [-0.2, 0) is 12.3 Å². The summed E-state index contributed by atoms with van der Waals surface area (Å²) in [4.78, 5) is 19.5. The highest BCUT2D eigenvalue weighted by molar-refractivity contribution is 7.98. The molecule has 0 saturated carbocycles. The second-order valence-corrected chi connectivity index (χ2v) is 8.73. The van der Waals surface area contributed by atoms with Crippen LogP contribution in [0.5, 0.6) is 0 Å². The maximum Gasteiger partial charge on any atom is 0.263 e.